The third kappa shape index (κ3) is 5.37. The van der Waals surface area contributed by atoms with E-state index in [2.05, 4.69) is 22.5 Å². The molecule has 0 unspecified atom stereocenters. The zero-order valence-electron chi connectivity index (χ0n) is 12.4. The first kappa shape index (κ1) is 18.0. The van der Waals surface area contributed by atoms with E-state index in [0.29, 0.717) is 11.3 Å². The molecule has 0 saturated carbocycles. The molecule has 0 bridgehead atoms. The van der Waals surface area contributed by atoms with Crippen LogP contribution in [0.3, 0.4) is 0 Å². The van der Waals surface area contributed by atoms with Gasteiger partial charge in [-0.05, 0) is 31.2 Å². The molecule has 5 nitrogen and oxygen atoms in total. The van der Waals surface area contributed by atoms with Crippen molar-refractivity contribution in [3.63, 3.8) is 0 Å². The van der Waals surface area contributed by atoms with Crippen LogP contribution in [0.2, 0.25) is 0 Å². The van der Waals surface area contributed by atoms with Gasteiger partial charge in [-0.25, -0.2) is 9.59 Å². The third-order valence-corrected chi connectivity index (χ3v) is 3.24. The Hall–Kier alpha value is -2.08. The fraction of sp³-hybridized carbons (Fsp3) is 0.250. The van der Waals surface area contributed by atoms with E-state index in [4.69, 9.17) is 9.47 Å². The maximum Gasteiger partial charge on any atom is 0.333 e. The van der Waals surface area contributed by atoms with Gasteiger partial charge in [0.25, 0.3) is 0 Å². The summed E-state index contributed by atoms with van der Waals surface area (Å²) in [4.78, 5) is 22.6. The molecule has 0 fully saturated rings. The first-order valence-corrected chi connectivity index (χ1v) is 7.24. The number of carboxylic acids is 1. The predicted molar refractivity (Wildman–Crippen MR) is 86.7 cm³/mol. The minimum atomic E-state index is -1.08. The van der Waals surface area contributed by atoms with E-state index in [1.165, 1.54) is 20.1 Å². The molecular weight excluding hydrogens is 352 g/mol. The average Bonchev–Trinajstić information content (AvgIpc) is 2.45. The normalized spacial score (nSPS) is 11.0. The maximum atomic E-state index is 11.3. The summed E-state index contributed by atoms with van der Waals surface area (Å²) in [5.74, 6) is -1.06. The van der Waals surface area contributed by atoms with Crippen molar-refractivity contribution in [1.82, 2.24) is 0 Å². The third-order valence-electron chi connectivity index (χ3n) is 2.75. The minimum absolute atomic E-state index is 0.0276. The van der Waals surface area contributed by atoms with Gasteiger partial charge in [-0.1, -0.05) is 22.5 Å². The van der Waals surface area contributed by atoms with Crippen LogP contribution >= 0.6 is 15.9 Å². The van der Waals surface area contributed by atoms with Crippen LogP contribution in [0.15, 0.2) is 40.4 Å². The second-order valence-electron chi connectivity index (χ2n) is 4.53. The molecule has 0 aliphatic carbocycles. The Kier molecular flexibility index (Phi) is 6.85. The number of aliphatic carboxylic acids is 1. The molecule has 1 rings (SSSR count). The standard InChI is InChI=1S/C16H17BrO5/c1-10(2)16(20)22-7-6-11(15(18)19)8-12-9-13(17)4-5-14(12)21-3/h4-5,8-9H,1,6-7H2,2-3H3,(H,18,19). The molecule has 0 radical (unpaired) electrons. The van der Waals surface area contributed by atoms with E-state index in [1.54, 1.807) is 18.2 Å². The molecule has 1 aromatic rings. The molecule has 0 atom stereocenters. The molecule has 0 aliphatic heterocycles. The van der Waals surface area contributed by atoms with E-state index in [1.807, 2.05) is 0 Å². The average molecular weight is 369 g/mol. The summed E-state index contributed by atoms with van der Waals surface area (Å²) in [7, 11) is 1.51. The molecule has 118 valence electrons. The maximum absolute atomic E-state index is 11.3. The van der Waals surface area contributed by atoms with Gasteiger partial charge in [0.2, 0.25) is 0 Å². The Bertz CT molecular complexity index is 619. The number of hydrogen-bond donors (Lipinski definition) is 1. The summed E-state index contributed by atoms with van der Waals surface area (Å²) in [5, 5.41) is 9.26. The fourth-order valence-corrected chi connectivity index (χ4v) is 2.00. The smallest absolute Gasteiger partial charge is 0.333 e. The first-order chi connectivity index (χ1) is 10.3. The van der Waals surface area contributed by atoms with Crippen molar-refractivity contribution in [3.8, 4) is 5.75 Å². The highest BCUT2D eigenvalue weighted by molar-refractivity contribution is 9.10. The summed E-state index contributed by atoms with van der Waals surface area (Å²) < 4.78 is 10.9. The lowest BCUT2D eigenvalue weighted by Crippen LogP contribution is -2.09. The molecule has 0 heterocycles. The summed E-state index contributed by atoms with van der Waals surface area (Å²) in [6.45, 7) is 4.96. The molecule has 0 spiro atoms. The van der Waals surface area contributed by atoms with Gasteiger partial charge in [-0.2, -0.15) is 0 Å². The number of carbonyl (C=O) groups excluding carboxylic acids is 1. The van der Waals surface area contributed by atoms with Crippen LogP contribution in [0.4, 0.5) is 0 Å². The molecule has 22 heavy (non-hydrogen) atoms. The lowest BCUT2D eigenvalue weighted by Gasteiger charge is -2.08. The van der Waals surface area contributed by atoms with Crippen LogP contribution in [0.1, 0.15) is 18.9 Å². The Balaban J connectivity index is 2.91. The Morgan fingerprint density at radius 3 is 2.64 bits per heavy atom. The van der Waals surface area contributed by atoms with Crippen LogP contribution < -0.4 is 4.74 Å². The van der Waals surface area contributed by atoms with E-state index in [0.717, 1.165) is 4.47 Å². The van der Waals surface area contributed by atoms with E-state index in [-0.39, 0.29) is 24.2 Å². The summed E-state index contributed by atoms with van der Waals surface area (Å²) in [5.41, 5.74) is 1.01. The minimum Gasteiger partial charge on any atom is -0.496 e. The molecule has 0 aromatic heterocycles. The van der Waals surface area contributed by atoms with Crippen molar-refractivity contribution in [2.45, 2.75) is 13.3 Å². The number of rotatable bonds is 7. The zero-order valence-corrected chi connectivity index (χ0v) is 14.0. The number of carbonyl (C=O) groups is 2. The molecule has 0 amide bonds. The van der Waals surface area contributed by atoms with Crippen molar-refractivity contribution >= 4 is 33.9 Å². The molecular formula is C16H17BrO5. The van der Waals surface area contributed by atoms with E-state index in [9.17, 15) is 14.7 Å². The molecule has 6 heteroatoms. The number of hydrogen-bond acceptors (Lipinski definition) is 4. The number of ether oxygens (including phenoxy) is 2. The van der Waals surface area contributed by atoms with Crippen LogP contribution in [0.5, 0.6) is 5.75 Å². The van der Waals surface area contributed by atoms with Crippen molar-refractivity contribution in [2.75, 3.05) is 13.7 Å². The molecule has 1 aromatic carbocycles. The highest BCUT2D eigenvalue weighted by Gasteiger charge is 2.11. The Morgan fingerprint density at radius 1 is 1.41 bits per heavy atom. The van der Waals surface area contributed by atoms with Gasteiger partial charge in [-0.3, -0.25) is 0 Å². The monoisotopic (exact) mass is 368 g/mol. The molecule has 0 aliphatic rings. The van der Waals surface area contributed by atoms with Gasteiger partial charge >= 0.3 is 11.9 Å². The van der Waals surface area contributed by atoms with Crippen molar-refractivity contribution in [1.29, 1.82) is 0 Å². The highest BCUT2D eigenvalue weighted by Crippen LogP contribution is 2.26. The lowest BCUT2D eigenvalue weighted by molar-refractivity contribution is -0.139. The van der Waals surface area contributed by atoms with Crippen LogP contribution in [0, 0.1) is 0 Å². The fourth-order valence-electron chi connectivity index (χ4n) is 1.62. The lowest BCUT2D eigenvalue weighted by atomic mass is 10.1. The number of carboxylic acid groups (broad SMARTS) is 1. The quantitative estimate of drug-likeness (QED) is 0.589. The Labute approximate surface area is 137 Å². The number of esters is 1. The number of benzene rings is 1. The number of halogens is 1. The van der Waals surface area contributed by atoms with Crippen molar-refractivity contribution in [2.24, 2.45) is 0 Å². The topological polar surface area (TPSA) is 72.8 Å². The van der Waals surface area contributed by atoms with Gasteiger partial charge in [0.05, 0.1) is 13.7 Å². The second-order valence-corrected chi connectivity index (χ2v) is 5.44. The number of methoxy groups -OCH3 is 1. The zero-order chi connectivity index (χ0) is 16.7. The largest absolute Gasteiger partial charge is 0.496 e. The van der Waals surface area contributed by atoms with Crippen molar-refractivity contribution in [3.05, 3.63) is 46.0 Å². The van der Waals surface area contributed by atoms with E-state index >= 15 is 0 Å². The van der Waals surface area contributed by atoms with Crippen molar-refractivity contribution < 1.29 is 24.2 Å². The van der Waals surface area contributed by atoms with Gasteiger partial charge in [0.15, 0.2) is 0 Å². The first-order valence-electron chi connectivity index (χ1n) is 6.45. The van der Waals surface area contributed by atoms with Crippen LogP contribution in [0.25, 0.3) is 6.08 Å². The molecule has 1 N–H and O–H groups in total. The highest BCUT2D eigenvalue weighted by atomic mass is 79.9. The summed E-state index contributed by atoms with van der Waals surface area (Å²) in [6, 6.07) is 5.28. The predicted octanol–water partition coefficient (Wildman–Crippen LogP) is 3.44. The van der Waals surface area contributed by atoms with Crippen LogP contribution in [-0.2, 0) is 14.3 Å². The Morgan fingerprint density at radius 2 is 2.09 bits per heavy atom. The van der Waals surface area contributed by atoms with Gasteiger partial charge in [0, 0.05) is 27.6 Å². The van der Waals surface area contributed by atoms with Crippen LogP contribution in [-0.4, -0.2) is 30.8 Å². The summed E-state index contributed by atoms with van der Waals surface area (Å²) in [6.07, 6.45) is 1.59. The second kappa shape index (κ2) is 8.38. The summed E-state index contributed by atoms with van der Waals surface area (Å²) >= 11 is 3.33. The SMILES string of the molecule is C=C(C)C(=O)OCCC(=Cc1cc(Br)ccc1OC)C(=O)O. The van der Waals surface area contributed by atoms with Gasteiger partial charge in [0.1, 0.15) is 5.75 Å². The van der Waals surface area contributed by atoms with E-state index < -0.39 is 11.9 Å². The van der Waals surface area contributed by atoms with Gasteiger partial charge in [-0.15, -0.1) is 0 Å². The van der Waals surface area contributed by atoms with Gasteiger partial charge < -0.3 is 14.6 Å². The molecule has 0 saturated heterocycles.